The van der Waals surface area contributed by atoms with Crippen LogP contribution in [0.4, 0.5) is 16.3 Å². The van der Waals surface area contributed by atoms with Crippen LogP contribution in [0.3, 0.4) is 0 Å². The minimum absolute atomic E-state index is 0.315. The molecule has 0 saturated carbocycles. The highest BCUT2D eigenvalue weighted by Gasteiger charge is 2.16. The van der Waals surface area contributed by atoms with Crippen LogP contribution in [0.25, 0.3) is 0 Å². The van der Waals surface area contributed by atoms with E-state index in [1.807, 2.05) is 95.2 Å². The van der Waals surface area contributed by atoms with Gasteiger partial charge in [-0.2, -0.15) is 0 Å². The Labute approximate surface area is 194 Å². The van der Waals surface area contributed by atoms with Crippen LogP contribution in [0.5, 0.6) is 0 Å². The van der Waals surface area contributed by atoms with Crippen molar-refractivity contribution in [3.63, 3.8) is 0 Å². The molecule has 1 heterocycles. The third-order valence-electron chi connectivity index (χ3n) is 3.82. The summed E-state index contributed by atoms with van der Waals surface area (Å²) in [5, 5.41) is 5.75. The first-order chi connectivity index (χ1) is 15.5. The quantitative estimate of drug-likeness (QED) is 0.357. The van der Waals surface area contributed by atoms with Crippen LogP contribution >= 0.6 is 0 Å². The summed E-state index contributed by atoms with van der Waals surface area (Å²) in [5.41, 5.74) is 3.47. The van der Waals surface area contributed by atoms with Gasteiger partial charge in [-0.1, -0.05) is 55.9 Å². The Bertz CT molecular complexity index is 885. The summed E-state index contributed by atoms with van der Waals surface area (Å²) in [4.78, 5) is 19.0. The van der Waals surface area contributed by atoms with Crippen molar-refractivity contribution in [2.75, 3.05) is 10.2 Å². The van der Waals surface area contributed by atoms with Gasteiger partial charge in [-0.3, -0.25) is 0 Å². The lowest BCUT2D eigenvalue weighted by molar-refractivity contribution is 0.254. The van der Waals surface area contributed by atoms with Gasteiger partial charge in [-0.25, -0.2) is 9.78 Å². The van der Waals surface area contributed by atoms with Gasteiger partial charge >= 0.3 is 6.03 Å². The van der Waals surface area contributed by atoms with Crippen molar-refractivity contribution in [1.29, 1.82) is 0 Å². The fourth-order valence-electron chi connectivity index (χ4n) is 2.62. The van der Waals surface area contributed by atoms with Crippen LogP contribution in [0.15, 0.2) is 103 Å². The van der Waals surface area contributed by atoms with Crippen molar-refractivity contribution in [2.45, 2.75) is 48.0 Å². The summed E-state index contributed by atoms with van der Waals surface area (Å²) in [7, 11) is 0. The Hall–Kier alpha value is -3.60. The molecule has 0 fully saturated rings. The summed E-state index contributed by atoms with van der Waals surface area (Å²) in [6.45, 7) is 17.8. The molecule has 1 aromatic heterocycles. The lowest BCUT2D eigenvalue weighted by atomic mass is 10.2. The Kier molecular flexibility index (Phi) is 15.2. The number of amides is 2. The second-order valence-corrected chi connectivity index (χ2v) is 6.43. The number of rotatable bonds is 6. The van der Waals surface area contributed by atoms with E-state index in [-0.39, 0.29) is 6.03 Å². The number of pyridine rings is 1. The maximum Gasteiger partial charge on any atom is 0.323 e. The number of aromatic nitrogens is 1. The number of carbonyl (C=O) groups excluding carboxylic acids is 1. The van der Waals surface area contributed by atoms with Crippen LogP contribution in [0.1, 0.15) is 48.0 Å². The zero-order chi connectivity index (χ0) is 24.4. The molecule has 0 bridgehead atoms. The third-order valence-corrected chi connectivity index (χ3v) is 3.82. The molecule has 172 valence electrons. The number of allylic oxidation sites excluding steroid dienone is 9. The monoisotopic (exact) mass is 434 g/mol. The minimum atomic E-state index is -0.315. The fourth-order valence-corrected chi connectivity index (χ4v) is 2.62. The van der Waals surface area contributed by atoms with Gasteiger partial charge in [0.15, 0.2) is 5.82 Å². The molecular weight excluding hydrogens is 396 g/mol. The van der Waals surface area contributed by atoms with Gasteiger partial charge in [0, 0.05) is 23.8 Å². The number of anilines is 2. The molecule has 1 aliphatic rings. The largest absolute Gasteiger partial charge is 0.323 e. The summed E-state index contributed by atoms with van der Waals surface area (Å²) < 4.78 is 0. The van der Waals surface area contributed by atoms with Crippen molar-refractivity contribution < 1.29 is 4.79 Å². The highest BCUT2D eigenvalue weighted by atomic mass is 16.2. The van der Waals surface area contributed by atoms with E-state index in [9.17, 15) is 4.79 Å². The predicted octanol–water partition coefficient (Wildman–Crippen LogP) is 7.64. The van der Waals surface area contributed by atoms with Gasteiger partial charge in [-0.05, 0) is 58.4 Å². The van der Waals surface area contributed by atoms with Gasteiger partial charge < -0.3 is 15.5 Å². The van der Waals surface area contributed by atoms with Gasteiger partial charge in [0.1, 0.15) is 0 Å². The molecule has 1 aliphatic carbocycles. The second kappa shape index (κ2) is 17.1. The molecule has 0 saturated heterocycles. The minimum Gasteiger partial charge on any atom is -0.308 e. The standard InChI is InChI=1S/C23H28N4O.C2H6.C2H4/c1-5-12-19(6-2)25-23(28)26-21-15-11-16-24-22(21)27(17-18(3)4)20-13-9-7-8-10-14-20;2*1-2/h5-9,11-17H,10H2,1-4H3,(H2,25,26,28);1-2H3;1-2H2/b12-5-,19-6+;;. The van der Waals surface area contributed by atoms with E-state index in [2.05, 4.69) is 40.9 Å². The second-order valence-electron chi connectivity index (χ2n) is 6.43. The molecular formula is C27H38N4O. The number of nitrogens with zero attached hydrogens (tertiary/aromatic N) is 2. The zero-order valence-corrected chi connectivity index (χ0v) is 20.4. The van der Waals surface area contributed by atoms with E-state index in [0.717, 1.165) is 23.4 Å². The highest BCUT2D eigenvalue weighted by Crippen LogP contribution is 2.28. The van der Waals surface area contributed by atoms with E-state index < -0.39 is 0 Å². The predicted molar refractivity (Wildman–Crippen MR) is 140 cm³/mol. The third kappa shape index (κ3) is 9.94. The topological polar surface area (TPSA) is 57.3 Å². The number of hydrogen-bond donors (Lipinski definition) is 2. The van der Waals surface area contributed by atoms with Crippen LogP contribution < -0.4 is 15.5 Å². The maximum absolute atomic E-state index is 12.5. The molecule has 0 radical (unpaired) electrons. The Morgan fingerprint density at radius 1 is 1.19 bits per heavy atom. The van der Waals surface area contributed by atoms with E-state index in [1.54, 1.807) is 12.3 Å². The number of urea groups is 1. The molecule has 2 rings (SSSR count). The number of hydrogen-bond acceptors (Lipinski definition) is 3. The van der Waals surface area contributed by atoms with Crippen molar-refractivity contribution >= 4 is 17.5 Å². The average molecular weight is 435 g/mol. The van der Waals surface area contributed by atoms with Crippen molar-refractivity contribution in [3.8, 4) is 0 Å². The van der Waals surface area contributed by atoms with Crippen LogP contribution in [-0.2, 0) is 0 Å². The molecule has 2 amide bonds. The molecule has 2 N–H and O–H groups in total. The first-order valence-corrected chi connectivity index (χ1v) is 10.8. The van der Waals surface area contributed by atoms with Crippen molar-refractivity contribution in [1.82, 2.24) is 10.3 Å². The number of nitrogens with one attached hydrogen (secondary N) is 2. The Balaban J connectivity index is 0.00000227. The first kappa shape index (κ1) is 28.4. The van der Waals surface area contributed by atoms with Gasteiger partial charge in [0.2, 0.25) is 0 Å². The smallest absolute Gasteiger partial charge is 0.308 e. The molecule has 32 heavy (non-hydrogen) atoms. The summed E-state index contributed by atoms with van der Waals surface area (Å²) in [6.07, 6.45) is 20.4. The highest BCUT2D eigenvalue weighted by molar-refractivity contribution is 5.94. The Morgan fingerprint density at radius 3 is 2.53 bits per heavy atom. The molecule has 5 nitrogen and oxygen atoms in total. The van der Waals surface area contributed by atoms with Crippen LogP contribution in [-0.4, -0.2) is 11.0 Å². The summed E-state index contributed by atoms with van der Waals surface area (Å²) in [6, 6.07) is 3.34. The lowest BCUT2D eigenvalue weighted by Crippen LogP contribution is -2.28. The van der Waals surface area contributed by atoms with Crippen molar-refractivity contribution in [2.24, 2.45) is 0 Å². The van der Waals surface area contributed by atoms with E-state index >= 15 is 0 Å². The number of carbonyl (C=O) groups is 1. The summed E-state index contributed by atoms with van der Waals surface area (Å²) >= 11 is 0. The first-order valence-electron chi connectivity index (χ1n) is 10.8. The van der Waals surface area contributed by atoms with Crippen LogP contribution in [0.2, 0.25) is 0 Å². The maximum atomic E-state index is 12.5. The lowest BCUT2D eigenvalue weighted by Gasteiger charge is -2.24. The van der Waals surface area contributed by atoms with Gasteiger partial charge in [0.05, 0.1) is 5.69 Å². The molecule has 5 heteroatoms. The molecule has 0 aliphatic heterocycles. The fraction of sp³-hybridized carbons (Fsp3) is 0.259. The molecule has 0 spiro atoms. The van der Waals surface area contributed by atoms with E-state index in [0.29, 0.717) is 11.5 Å². The zero-order valence-electron chi connectivity index (χ0n) is 20.4. The molecule has 1 aromatic rings. The van der Waals surface area contributed by atoms with Gasteiger partial charge in [0.25, 0.3) is 0 Å². The average Bonchev–Trinajstić information content (AvgIpc) is 3.10. The van der Waals surface area contributed by atoms with Crippen LogP contribution in [0, 0.1) is 0 Å². The molecule has 0 unspecified atom stereocenters. The van der Waals surface area contributed by atoms with Gasteiger partial charge in [-0.15, -0.1) is 13.2 Å². The molecule has 0 atom stereocenters. The SMILES string of the molecule is C/C=C\C(=C/C)NC(=O)Nc1cccnc1N(C=C(C)C)C1=CCC=CC=C1.C=C.CC. The normalized spacial score (nSPS) is 12.3. The van der Waals surface area contributed by atoms with E-state index in [1.165, 1.54) is 0 Å². The summed E-state index contributed by atoms with van der Waals surface area (Å²) in [5.74, 6) is 0.657. The Morgan fingerprint density at radius 2 is 1.91 bits per heavy atom. The molecule has 0 aromatic carbocycles. The van der Waals surface area contributed by atoms with E-state index in [4.69, 9.17) is 0 Å². The van der Waals surface area contributed by atoms with Crippen molar-refractivity contribution in [3.05, 3.63) is 103 Å².